The molecule has 0 radical (unpaired) electrons. The van der Waals surface area contributed by atoms with E-state index in [4.69, 9.17) is 0 Å². The van der Waals surface area contributed by atoms with Crippen molar-refractivity contribution < 1.29 is 9.90 Å². The quantitative estimate of drug-likeness (QED) is 0.847. The second-order valence-corrected chi connectivity index (χ2v) is 4.63. The summed E-state index contributed by atoms with van der Waals surface area (Å²) in [6, 6.07) is 9.74. The lowest BCUT2D eigenvalue weighted by atomic mass is 9.84. The van der Waals surface area contributed by atoms with Crippen LogP contribution in [0.5, 0.6) is 0 Å². The van der Waals surface area contributed by atoms with E-state index in [0.29, 0.717) is 32.4 Å². The van der Waals surface area contributed by atoms with Gasteiger partial charge in [0.1, 0.15) is 0 Å². The van der Waals surface area contributed by atoms with E-state index in [0.717, 1.165) is 5.56 Å². The Labute approximate surface area is 102 Å². The highest BCUT2D eigenvalue weighted by molar-refractivity contribution is 5.75. The molecular formula is C14H19NO2. The molecule has 1 heterocycles. The van der Waals surface area contributed by atoms with Gasteiger partial charge in [-0.3, -0.25) is 4.79 Å². The summed E-state index contributed by atoms with van der Waals surface area (Å²) < 4.78 is 0. The van der Waals surface area contributed by atoms with Gasteiger partial charge in [0.2, 0.25) is 5.91 Å². The Kier molecular flexibility index (Phi) is 3.48. The topological polar surface area (TPSA) is 40.5 Å². The van der Waals surface area contributed by atoms with Gasteiger partial charge in [0.25, 0.3) is 0 Å². The molecule has 92 valence electrons. The molecule has 0 saturated carbocycles. The smallest absolute Gasteiger partial charge is 0.222 e. The molecule has 1 aromatic rings. The third kappa shape index (κ3) is 2.50. The van der Waals surface area contributed by atoms with Crippen molar-refractivity contribution in [2.24, 2.45) is 0 Å². The van der Waals surface area contributed by atoms with E-state index < -0.39 is 5.60 Å². The summed E-state index contributed by atoms with van der Waals surface area (Å²) in [6.07, 6.45) is 1.80. The molecule has 1 fully saturated rings. The zero-order valence-corrected chi connectivity index (χ0v) is 10.2. The van der Waals surface area contributed by atoms with Crippen molar-refractivity contribution >= 4 is 5.91 Å². The van der Waals surface area contributed by atoms with Crippen LogP contribution in [0.25, 0.3) is 0 Å². The number of carbonyl (C=O) groups is 1. The van der Waals surface area contributed by atoms with Crippen molar-refractivity contribution in [1.82, 2.24) is 4.90 Å². The van der Waals surface area contributed by atoms with Gasteiger partial charge in [-0.2, -0.15) is 0 Å². The molecule has 1 aromatic carbocycles. The van der Waals surface area contributed by atoms with E-state index in [9.17, 15) is 9.90 Å². The highest BCUT2D eigenvalue weighted by atomic mass is 16.3. The molecule has 0 atom stereocenters. The van der Waals surface area contributed by atoms with E-state index in [-0.39, 0.29) is 5.91 Å². The van der Waals surface area contributed by atoms with Gasteiger partial charge < -0.3 is 10.0 Å². The van der Waals surface area contributed by atoms with Crippen LogP contribution < -0.4 is 0 Å². The van der Waals surface area contributed by atoms with Gasteiger partial charge >= 0.3 is 0 Å². The maximum atomic E-state index is 11.6. The largest absolute Gasteiger partial charge is 0.385 e. The number of rotatable bonds is 2. The predicted molar refractivity (Wildman–Crippen MR) is 66.4 cm³/mol. The SMILES string of the molecule is CCC(=O)N1CCC(O)(c2ccccc2)CC1. The Morgan fingerprint density at radius 2 is 1.88 bits per heavy atom. The zero-order valence-electron chi connectivity index (χ0n) is 10.2. The van der Waals surface area contributed by atoms with E-state index in [1.54, 1.807) is 0 Å². The van der Waals surface area contributed by atoms with Crippen LogP contribution in [0.15, 0.2) is 30.3 Å². The zero-order chi connectivity index (χ0) is 12.3. The molecule has 0 unspecified atom stereocenters. The maximum Gasteiger partial charge on any atom is 0.222 e. The number of amides is 1. The van der Waals surface area contributed by atoms with E-state index in [1.165, 1.54) is 0 Å². The molecular weight excluding hydrogens is 214 g/mol. The minimum atomic E-state index is -0.758. The van der Waals surface area contributed by atoms with Gasteiger partial charge in [-0.1, -0.05) is 37.3 Å². The molecule has 0 bridgehead atoms. The van der Waals surface area contributed by atoms with Crippen LogP contribution in [-0.2, 0) is 10.4 Å². The number of benzene rings is 1. The monoisotopic (exact) mass is 233 g/mol. The highest BCUT2D eigenvalue weighted by Crippen LogP contribution is 2.32. The molecule has 0 spiro atoms. The summed E-state index contributed by atoms with van der Waals surface area (Å²) in [6.45, 7) is 3.18. The minimum absolute atomic E-state index is 0.181. The number of hydrogen-bond donors (Lipinski definition) is 1. The number of nitrogens with zero attached hydrogens (tertiary/aromatic N) is 1. The molecule has 1 amide bonds. The van der Waals surface area contributed by atoms with Crippen LogP contribution in [0.1, 0.15) is 31.7 Å². The number of piperidine rings is 1. The Balaban J connectivity index is 2.05. The average molecular weight is 233 g/mol. The normalized spacial score (nSPS) is 19.1. The Morgan fingerprint density at radius 3 is 2.41 bits per heavy atom. The maximum absolute atomic E-state index is 11.6. The number of hydrogen-bond acceptors (Lipinski definition) is 2. The molecule has 1 saturated heterocycles. The molecule has 0 aromatic heterocycles. The van der Waals surface area contributed by atoms with E-state index in [1.807, 2.05) is 42.2 Å². The number of likely N-dealkylation sites (tertiary alicyclic amines) is 1. The van der Waals surface area contributed by atoms with E-state index >= 15 is 0 Å². The van der Waals surface area contributed by atoms with Crippen LogP contribution in [0.3, 0.4) is 0 Å². The summed E-state index contributed by atoms with van der Waals surface area (Å²) in [7, 11) is 0. The van der Waals surface area contributed by atoms with Gasteiger partial charge in [-0.05, 0) is 18.4 Å². The van der Waals surface area contributed by atoms with Crippen LogP contribution >= 0.6 is 0 Å². The van der Waals surface area contributed by atoms with E-state index in [2.05, 4.69) is 0 Å². The summed E-state index contributed by atoms with van der Waals surface area (Å²) in [5.74, 6) is 0.181. The van der Waals surface area contributed by atoms with Crippen LogP contribution in [0.4, 0.5) is 0 Å². The standard InChI is InChI=1S/C14H19NO2/c1-2-13(16)15-10-8-14(17,9-11-15)12-6-4-3-5-7-12/h3-7,17H,2,8-11H2,1H3. The summed E-state index contributed by atoms with van der Waals surface area (Å²) in [5.41, 5.74) is 0.204. The lowest BCUT2D eigenvalue weighted by Crippen LogP contribution is -2.44. The lowest BCUT2D eigenvalue weighted by molar-refractivity contribution is -0.135. The Hall–Kier alpha value is -1.35. The first-order valence-corrected chi connectivity index (χ1v) is 6.21. The van der Waals surface area contributed by atoms with Gasteiger partial charge in [0.15, 0.2) is 0 Å². The summed E-state index contributed by atoms with van der Waals surface area (Å²) >= 11 is 0. The van der Waals surface area contributed by atoms with Crippen LogP contribution in [0.2, 0.25) is 0 Å². The molecule has 1 aliphatic heterocycles. The van der Waals surface area contributed by atoms with Crippen molar-refractivity contribution in [2.45, 2.75) is 31.8 Å². The number of carbonyl (C=O) groups excluding carboxylic acids is 1. The molecule has 3 heteroatoms. The van der Waals surface area contributed by atoms with Crippen LogP contribution in [0, 0.1) is 0 Å². The molecule has 3 nitrogen and oxygen atoms in total. The molecule has 17 heavy (non-hydrogen) atoms. The molecule has 0 aliphatic carbocycles. The first kappa shape index (κ1) is 12.1. The Bertz CT molecular complexity index is 380. The van der Waals surface area contributed by atoms with Gasteiger partial charge in [0, 0.05) is 19.5 Å². The molecule has 1 N–H and O–H groups in total. The van der Waals surface area contributed by atoms with Gasteiger partial charge in [-0.25, -0.2) is 0 Å². The van der Waals surface area contributed by atoms with Gasteiger partial charge in [0.05, 0.1) is 5.60 Å². The van der Waals surface area contributed by atoms with Crippen molar-refractivity contribution in [3.63, 3.8) is 0 Å². The van der Waals surface area contributed by atoms with Crippen molar-refractivity contribution in [1.29, 1.82) is 0 Å². The fraction of sp³-hybridized carbons (Fsp3) is 0.500. The fourth-order valence-electron chi connectivity index (χ4n) is 2.39. The molecule has 2 rings (SSSR count). The van der Waals surface area contributed by atoms with Crippen molar-refractivity contribution in [2.75, 3.05) is 13.1 Å². The van der Waals surface area contributed by atoms with Crippen molar-refractivity contribution in [3.8, 4) is 0 Å². The summed E-state index contributed by atoms with van der Waals surface area (Å²) in [4.78, 5) is 13.4. The predicted octanol–water partition coefficient (Wildman–Crippen LogP) is 1.91. The minimum Gasteiger partial charge on any atom is -0.385 e. The average Bonchev–Trinajstić information content (AvgIpc) is 2.40. The third-order valence-corrected chi connectivity index (χ3v) is 3.56. The second-order valence-electron chi connectivity index (χ2n) is 4.63. The third-order valence-electron chi connectivity index (χ3n) is 3.56. The van der Waals surface area contributed by atoms with Crippen LogP contribution in [-0.4, -0.2) is 29.0 Å². The first-order chi connectivity index (χ1) is 8.15. The lowest BCUT2D eigenvalue weighted by Gasteiger charge is -2.38. The second kappa shape index (κ2) is 4.88. The first-order valence-electron chi connectivity index (χ1n) is 6.21. The van der Waals surface area contributed by atoms with Gasteiger partial charge in [-0.15, -0.1) is 0 Å². The number of aliphatic hydroxyl groups is 1. The van der Waals surface area contributed by atoms with Crippen molar-refractivity contribution in [3.05, 3.63) is 35.9 Å². The summed E-state index contributed by atoms with van der Waals surface area (Å²) in [5, 5.41) is 10.6. The Morgan fingerprint density at radius 1 is 1.29 bits per heavy atom. The highest BCUT2D eigenvalue weighted by Gasteiger charge is 2.34. The molecule has 1 aliphatic rings. The fourth-order valence-corrected chi connectivity index (χ4v) is 2.39.